The van der Waals surface area contributed by atoms with Gasteiger partial charge in [-0.3, -0.25) is 9.13 Å². The van der Waals surface area contributed by atoms with Crippen molar-refractivity contribution in [2.24, 2.45) is 0 Å². The van der Waals surface area contributed by atoms with Gasteiger partial charge in [0.1, 0.15) is 11.6 Å². The Morgan fingerprint density at radius 2 is 0.750 bits per heavy atom. The molecule has 5 nitrogen and oxygen atoms in total. The lowest BCUT2D eigenvalue weighted by molar-refractivity contribution is 0.979. The zero-order valence-corrected chi connectivity index (χ0v) is 34.9. The number of fused-ring (bicyclic) bond motifs is 12. The molecule has 1 aliphatic carbocycles. The number of rotatable bonds is 5. The van der Waals surface area contributed by atoms with Crippen LogP contribution in [0.2, 0.25) is 0 Å². The summed E-state index contributed by atoms with van der Waals surface area (Å²) in [5.74, 6) is 1.74. The highest BCUT2D eigenvalue weighted by molar-refractivity contribution is 6.21. The first-order chi connectivity index (χ1) is 31.8. The van der Waals surface area contributed by atoms with Gasteiger partial charge in [0, 0.05) is 54.5 Å². The van der Waals surface area contributed by atoms with Crippen molar-refractivity contribution in [2.75, 3.05) is 0 Å². The minimum absolute atomic E-state index is 0.865. The van der Waals surface area contributed by atoms with Crippen molar-refractivity contribution >= 4 is 92.9 Å². The molecule has 0 saturated carbocycles. The molecule has 5 aromatic heterocycles. The van der Waals surface area contributed by atoms with E-state index < -0.39 is 0 Å². The van der Waals surface area contributed by atoms with Crippen LogP contribution in [0.25, 0.3) is 121 Å². The fourth-order valence-electron chi connectivity index (χ4n) is 10.8. The van der Waals surface area contributed by atoms with E-state index in [9.17, 15) is 0 Å². The molecule has 5 heteroatoms. The molecule has 1 aliphatic rings. The number of para-hydroxylation sites is 5. The molecule has 0 bridgehead atoms. The van der Waals surface area contributed by atoms with Gasteiger partial charge in [0.15, 0.2) is 0 Å². The van der Waals surface area contributed by atoms with Gasteiger partial charge >= 0.3 is 0 Å². The predicted octanol–water partition coefficient (Wildman–Crippen LogP) is 15.3. The first kappa shape index (κ1) is 35.2. The second-order valence-corrected chi connectivity index (χ2v) is 17.1. The number of hydrogen-bond donors (Lipinski definition) is 0. The maximum Gasteiger partial charge on any atom is 0.140 e. The molecule has 0 amide bonds. The summed E-state index contributed by atoms with van der Waals surface area (Å²) in [7, 11) is 0. The van der Waals surface area contributed by atoms with E-state index in [4.69, 9.17) is 4.98 Å². The van der Waals surface area contributed by atoms with Gasteiger partial charge in [-0.15, -0.1) is 0 Å². The molecule has 5 heterocycles. The number of benzene rings is 8. The highest BCUT2D eigenvalue weighted by Crippen LogP contribution is 2.43. The first-order valence-corrected chi connectivity index (χ1v) is 22.2. The molecule has 0 radical (unpaired) electrons. The van der Waals surface area contributed by atoms with Gasteiger partial charge in [-0.05, 0) is 103 Å². The summed E-state index contributed by atoms with van der Waals surface area (Å²) in [5, 5.41) is 9.82. The Hall–Kier alpha value is -8.41. The van der Waals surface area contributed by atoms with Crippen LogP contribution in [0, 0.1) is 0 Å². The van der Waals surface area contributed by atoms with Crippen molar-refractivity contribution in [3.05, 3.63) is 212 Å². The molecule has 0 unspecified atom stereocenters. The summed E-state index contributed by atoms with van der Waals surface area (Å²) >= 11 is 0. The van der Waals surface area contributed by atoms with Crippen molar-refractivity contribution in [1.82, 2.24) is 23.3 Å². The minimum Gasteiger partial charge on any atom is -0.313 e. The summed E-state index contributed by atoms with van der Waals surface area (Å²) in [5.41, 5.74) is 14.0. The molecule has 0 aliphatic heterocycles. The van der Waals surface area contributed by atoms with E-state index in [-0.39, 0.29) is 0 Å². The molecule has 0 spiro atoms. The van der Waals surface area contributed by atoms with Crippen molar-refractivity contribution in [3.63, 3.8) is 0 Å². The molecule has 14 rings (SSSR count). The Labute approximate surface area is 368 Å². The molecule has 13 aromatic rings. The molecule has 300 valence electrons. The lowest BCUT2D eigenvalue weighted by Crippen LogP contribution is -2.05. The average Bonchev–Trinajstić information content (AvgIpc) is 4.07. The lowest BCUT2D eigenvalue weighted by atomic mass is 10.1. The number of nitrogens with zero attached hydrogens (tertiary/aromatic N) is 5. The third kappa shape index (κ3) is 5.03. The molecule has 0 atom stereocenters. The zero-order chi connectivity index (χ0) is 41.9. The number of allylic oxidation sites excluding steroid dienone is 4. The SMILES string of the molecule is C1=CCCC(n2c3ccccc3c3cc4c5ccccc5n(-c5cc(-c6ccccc6)cc(-n6c7ccccc7c7cc8c9ccccc9n(-c9ccccc9)c8cc76)n5)c4cc32)=C1. The topological polar surface area (TPSA) is 32.6 Å². The second-order valence-electron chi connectivity index (χ2n) is 17.1. The summed E-state index contributed by atoms with van der Waals surface area (Å²) < 4.78 is 9.68. The van der Waals surface area contributed by atoms with Gasteiger partial charge in [-0.1, -0.05) is 133 Å². The first-order valence-electron chi connectivity index (χ1n) is 22.2. The van der Waals surface area contributed by atoms with Gasteiger partial charge in [-0.2, -0.15) is 0 Å². The molecule has 0 saturated heterocycles. The van der Waals surface area contributed by atoms with Crippen LogP contribution in [0.5, 0.6) is 0 Å². The van der Waals surface area contributed by atoms with E-state index >= 15 is 0 Å². The van der Waals surface area contributed by atoms with Crippen LogP contribution in [0.1, 0.15) is 12.8 Å². The van der Waals surface area contributed by atoms with Crippen LogP contribution < -0.4 is 0 Å². The summed E-state index contributed by atoms with van der Waals surface area (Å²) in [6.07, 6.45) is 8.78. The fourth-order valence-corrected chi connectivity index (χ4v) is 10.8. The van der Waals surface area contributed by atoms with E-state index in [0.717, 1.165) is 68.9 Å². The van der Waals surface area contributed by atoms with Gasteiger partial charge in [0.05, 0.1) is 44.1 Å². The zero-order valence-electron chi connectivity index (χ0n) is 34.9. The van der Waals surface area contributed by atoms with E-state index in [1.54, 1.807) is 0 Å². The van der Waals surface area contributed by atoms with Crippen molar-refractivity contribution in [3.8, 4) is 28.5 Å². The Balaban J connectivity index is 1.10. The van der Waals surface area contributed by atoms with Crippen LogP contribution in [-0.4, -0.2) is 23.3 Å². The highest BCUT2D eigenvalue weighted by atomic mass is 15.1. The Bertz CT molecular complexity index is 4120. The van der Waals surface area contributed by atoms with Gasteiger partial charge in [0.25, 0.3) is 0 Å². The number of hydrogen-bond acceptors (Lipinski definition) is 1. The Morgan fingerprint density at radius 1 is 0.328 bits per heavy atom. The van der Waals surface area contributed by atoms with Gasteiger partial charge < -0.3 is 9.13 Å². The molecule has 64 heavy (non-hydrogen) atoms. The third-order valence-electron chi connectivity index (χ3n) is 13.6. The lowest BCUT2D eigenvalue weighted by Gasteiger charge is -2.16. The van der Waals surface area contributed by atoms with Crippen LogP contribution in [-0.2, 0) is 0 Å². The molecule has 0 N–H and O–H groups in total. The standard InChI is InChI=1S/C59H39N5/c1-4-18-38(19-5-1)39-32-58(63-52-30-16-12-26-44(52)48-34-46-42-24-10-14-28-50(42)61(54(46)36-56(48)63)40-20-6-2-7-21-40)60-59(33-39)64-53-31-17-13-27-45(53)49-35-47-43-25-11-15-29-51(43)62(55(47)37-57(49)64)41-22-8-3-9-23-41/h1-8,10-22,24-37H,9,23H2. The van der Waals surface area contributed by atoms with Crippen molar-refractivity contribution < 1.29 is 0 Å². The van der Waals surface area contributed by atoms with Crippen LogP contribution >= 0.6 is 0 Å². The second kappa shape index (κ2) is 13.5. The molecule has 0 fully saturated rings. The molecular formula is C59H39N5. The van der Waals surface area contributed by atoms with E-state index in [1.165, 1.54) is 65.3 Å². The van der Waals surface area contributed by atoms with Crippen molar-refractivity contribution in [2.45, 2.75) is 12.8 Å². The number of aromatic nitrogens is 5. The smallest absolute Gasteiger partial charge is 0.140 e. The normalized spacial score (nSPS) is 13.2. The maximum atomic E-state index is 5.77. The minimum atomic E-state index is 0.865. The highest BCUT2D eigenvalue weighted by Gasteiger charge is 2.23. The molecular weight excluding hydrogens is 779 g/mol. The van der Waals surface area contributed by atoms with Crippen molar-refractivity contribution in [1.29, 1.82) is 0 Å². The quantitative estimate of drug-likeness (QED) is 0.170. The monoisotopic (exact) mass is 817 g/mol. The van der Waals surface area contributed by atoms with Crippen LogP contribution in [0.15, 0.2) is 212 Å². The van der Waals surface area contributed by atoms with E-state index in [1.807, 2.05) is 0 Å². The van der Waals surface area contributed by atoms with Crippen LogP contribution in [0.3, 0.4) is 0 Å². The van der Waals surface area contributed by atoms with E-state index in [0.29, 0.717) is 0 Å². The van der Waals surface area contributed by atoms with E-state index in [2.05, 4.69) is 231 Å². The number of pyridine rings is 1. The third-order valence-corrected chi connectivity index (χ3v) is 13.6. The fraction of sp³-hybridized carbons (Fsp3) is 0.0339. The maximum absolute atomic E-state index is 5.77. The Kier molecular flexibility index (Phi) is 7.45. The summed E-state index contributed by atoms with van der Waals surface area (Å²) in [6.45, 7) is 0. The van der Waals surface area contributed by atoms with Gasteiger partial charge in [0.2, 0.25) is 0 Å². The molecule has 8 aromatic carbocycles. The van der Waals surface area contributed by atoms with Crippen LogP contribution in [0.4, 0.5) is 0 Å². The predicted molar refractivity (Wildman–Crippen MR) is 268 cm³/mol. The Morgan fingerprint density at radius 3 is 1.25 bits per heavy atom. The summed E-state index contributed by atoms with van der Waals surface area (Å²) in [4.78, 5) is 5.77. The average molecular weight is 818 g/mol. The van der Waals surface area contributed by atoms with Gasteiger partial charge in [-0.25, -0.2) is 4.98 Å². The largest absolute Gasteiger partial charge is 0.313 e. The summed E-state index contributed by atoms with van der Waals surface area (Å²) in [6, 6.07) is 70.9.